The number of thiazole rings is 1. The number of piperidine rings is 1. The first-order valence-corrected chi connectivity index (χ1v) is 13.3. The van der Waals surface area contributed by atoms with Crippen molar-refractivity contribution in [1.29, 1.82) is 0 Å². The van der Waals surface area contributed by atoms with Crippen LogP contribution < -0.4 is 5.32 Å². The number of benzene rings is 1. The molecule has 38 heavy (non-hydrogen) atoms. The van der Waals surface area contributed by atoms with Crippen molar-refractivity contribution in [3.8, 4) is 0 Å². The molecular weight excluding hydrogens is 542 g/mol. The molecule has 1 saturated heterocycles. The molecule has 4 rings (SSSR count). The highest BCUT2D eigenvalue weighted by Gasteiger charge is 2.36. The number of esters is 1. The highest BCUT2D eigenvalue weighted by atomic mass is 35.5. The van der Waals surface area contributed by atoms with Crippen molar-refractivity contribution in [2.75, 3.05) is 39.5 Å². The Labute approximate surface area is 227 Å². The predicted molar refractivity (Wildman–Crippen MR) is 137 cm³/mol. The number of amidine groups is 1. The fourth-order valence-corrected chi connectivity index (χ4v) is 5.29. The van der Waals surface area contributed by atoms with Crippen molar-refractivity contribution >= 4 is 40.7 Å². The van der Waals surface area contributed by atoms with Crippen molar-refractivity contribution < 1.29 is 33.0 Å². The van der Waals surface area contributed by atoms with E-state index in [-0.39, 0.29) is 36.9 Å². The summed E-state index contributed by atoms with van der Waals surface area (Å²) >= 11 is 7.74. The number of carboxylic acids is 1. The largest absolute Gasteiger partial charge is 0.480 e. The molecule has 2 N–H and O–H groups in total. The van der Waals surface area contributed by atoms with E-state index < -0.39 is 42.5 Å². The molecule has 3 heterocycles. The van der Waals surface area contributed by atoms with Gasteiger partial charge in [-0.2, -0.15) is 0 Å². The molecule has 204 valence electrons. The normalized spacial score (nSPS) is 22.1. The van der Waals surface area contributed by atoms with Crippen molar-refractivity contribution in [2.45, 2.75) is 25.6 Å². The molecule has 13 heteroatoms. The summed E-state index contributed by atoms with van der Waals surface area (Å²) in [6.07, 6.45) is 0.824. The van der Waals surface area contributed by atoms with Gasteiger partial charge in [0, 0.05) is 46.9 Å². The van der Waals surface area contributed by atoms with Gasteiger partial charge in [-0.1, -0.05) is 17.7 Å². The number of nitrogens with zero attached hydrogens (tertiary/aromatic N) is 3. The number of aliphatic carboxylic acids is 1. The summed E-state index contributed by atoms with van der Waals surface area (Å²) in [7, 11) is 0. The van der Waals surface area contributed by atoms with Gasteiger partial charge < -0.3 is 19.9 Å². The van der Waals surface area contributed by atoms with Crippen molar-refractivity contribution in [3.05, 3.63) is 62.5 Å². The van der Waals surface area contributed by atoms with Crippen LogP contribution in [0.3, 0.4) is 0 Å². The lowest BCUT2D eigenvalue weighted by atomic mass is 9.93. The molecule has 0 spiro atoms. The summed E-state index contributed by atoms with van der Waals surface area (Å²) in [6, 6.07) is 2.98. The number of hydrogen-bond acceptors (Lipinski definition) is 9. The number of nitrogens with one attached hydrogen (secondary N) is 1. The summed E-state index contributed by atoms with van der Waals surface area (Å²) < 4.78 is 39.3. The maximum Gasteiger partial charge on any atom is 0.338 e. The molecule has 1 fully saturated rings. The summed E-state index contributed by atoms with van der Waals surface area (Å²) in [5.74, 6) is -2.27. The molecule has 0 saturated carbocycles. The number of aliphatic imine (C=N–C) groups is 1. The van der Waals surface area contributed by atoms with Crippen molar-refractivity contribution in [1.82, 2.24) is 15.2 Å². The lowest BCUT2D eigenvalue weighted by Gasteiger charge is -2.36. The molecule has 0 radical (unpaired) electrons. The summed E-state index contributed by atoms with van der Waals surface area (Å²) in [5.41, 5.74) is 1.08. The molecule has 0 aliphatic carbocycles. The van der Waals surface area contributed by atoms with Gasteiger partial charge in [0.2, 0.25) is 0 Å². The first-order chi connectivity index (χ1) is 18.3. The molecule has 2 aromatic rings. The summed E-state index contributed by atoms with van der Waals surface area (Å²) in [4.78, 5) is 34.8. The third-order valence-electron chi connectivity index (χ3n) is 6.21. The van der Waals surface area contributed by atoms with Crippen molar-refractivity contribution in [2.24, 2.45) is 10.9 Å². The van der Waals surface area contributed by atoms with Gasteiger partial charge in [0.1, 0.15) is 24.6 Å². The number of ether oxygens (including phenoxy) is 2. The van der Waals surface area contributed by atoms with E-state index in [9.17, 15) is 14.0 Å². The van der Waals surface area contributed by atoms with Crippen LogP contribution >= 0.6 is 22.9 Å². The zero-order valence-corrected chi connectivity index (χ0v) is 22.1. The van der Waals surface area contributed by atoms with Gasteiger partial charge >= 0.3 is 11.9 Å². The van der Waals surface area contributed by atoms with E-state index in [4.69, 9.17) is 31.2 Å². The third kappa shape index (κ3) is 6.73. The van der Waals surface area contributed by atoms with Crippen LogP contribution in [0, 0.1) is 11.7 Å². The number of rotatable bonds is 10. The van der Waals surface area contributed by atoms with Crippen LogP contribution in [0.25, 0.3) is 0 Å². The quantitative estimate of drug-likeness (QED) is 0.418. The fraction of sp³-hybridized carbons (Fsp3) is 0.440. The second-order valence-electron chi connectivity index (χ2n) is 8.83. The lowest BCUT2D eigenvalue weighted by molar-refractivity contribution is -0.143. The summed E-state index contributed by atoms with van der Waals surface area (Å²) in [5, 5.41) is 14.4. The van der Waals surface area contributed by atoms with Crippen LogP contribution in [-0.4, -0.2) is 78.4 Å². The Balaban J connectivity index is 1.64. The molecule has 3 unspecified atom stereocenters. The molecule has 2 aliphatic rings. The topological polar surface area (TPSA) is 113 Å². The number of likely N-dealkylation sites (tertiary alicyclic amines) is 1. The minimum absolute atomic E-state index is 0.0162. The first-order valence-electron chi connectivity index (χ1n) is 12.0. The van der Waals surface area contributed by atoms with E-state index in [1.807, 2.05) is 4.90 Å². The Morgan fingerprint density at radius 3 is 2.84 bits per heavy atom. The van der Waals surface area contributed by atoms with Gasteiger partial charge in [-0.3, -0.25) is 9.89 Å². The number of hydrogen-bond donors (Lipinski definition) is 2. The zero-order chi connectivity index (χ0) is 27.2. The van der Waals surface area contributed by atoms with E-state index >= 15 is 4.39 Å². The predicted octanol–water partition coefficient (Wildman–Crippen LogP) is 3.61. The Hall–Kier alpha value is -2.93. The van der Waals surface area contributed by atoms with E-state index in [0.29, 0.717) is 35.1 Å². The fourth-order valence-electron chi connectivity index (χ4n) is 4.44. The highest BCUT2D eigenvalue weighted by molar-refractivity contribution is 7.11. The van der Waals surface area contributed by atoms with E-state index in [1.54, 1.807) is 18.5 Å². The zero-order valence-electron chi connectivity index (χ0n) is 20.5. The SMILES string of the molecule is CCOC(=O)C1=C(CN2CCC(COCC(=O)O)C(F)C2)NC(c2nccs2)=NC1c1ccc(F)cc1Cl. The standard InChI is InChI=1S/C25H27ClF2N4O5S/c1-2-37-25(35)21-19(11-32-7-5-14(18(28)10-32)12-36-13-20(33)34)30-23(24-29-6-8-38-24)31-22(21)16-4-3-15(27)9-17(16)26/h3-4,6,8-9,14,18,22H,2,5,7,10-13H2,1H3,(H,30,31)(H,33,34). The molecule has 0 amide bonds. The Morgan fingerprint density at radius 2 is 2.18 bits per heavy atom. The van der Waals surface area contributed by atoms with Crippen molar-refractivity contribution in [3.63, 3.8) is 0 Å². The molecule has 0 bridgehead atoms. The summed E-state index contributed by atoms with van der Waals surface area (Å²) in [6.45, 7) is 2.08. The van der Waals surface area contributed by atoms with Crippen LogP contribution in [0.15, 0.2) is 46.0 Å². The van der Waals surface area contributed by atoms with E-state index in [0.717, 1.165) is 6.07 Å². The maximum absolute atomic E-state index is 15.0. The second-order valence-corrected chi connectivity index (χ2v) is 10.1. The number of halogens is 3. The van der Waals surface area contributed by atoms with Crippen LogP contribution in [0.1, 0.15) is 30.0 Å². The number of aromatic nitrogens is 1. The van der Waals surface area contributed by atoms with E-state index in [1.165, 1.54) is 23.5 Å². The first kappa shape index (κ1) is 28.1. The third-order valence-corrected chi connectivity index (χ3v) is 7.32. The molecular formula is C25H27ClF2N4O5S. The lowest BCUT2D eigenvalue weighted by Crippen LogP contribution is -2.47. The van der Waals surface area contributed by atoms with Crippen LogP contribution in [0.2, 0.25) is 5.02 Å². The second kappa shape index (κ2) is 12.7. The molecule has 1 aromatic heterocycles. The molecule has 1 aromatic carbocycles. The minimum Gasteiger partial charge on any atom is -0.480 e. The minimum atomic E-state index is -1.25. The Morgan fingerprint density at radius 1 is 1.37 bits per heavy atom. The van der Waals surface area contributed by atoms with Crippen LogP contribution in [0.5, 0.6) is 0 Å². The monoisotopic (exact) mass is 568 g/mol. The smallest absolute Gasteiger partial charge is 0.338 e. The maximum atomic E-state index is 15.0. The number of carbonyl (C=O) groups excluding carboxylic acids is 1. The number of carboxylic acid groups (broad SMARTS) is 1. The van der Waals surface area contributed by atoms with Gasteiger partial charge in [0.05, 0.1) is 18.8 Å². The molecule has 2 aliphatic heterocycles. The number of carbonyl (C=O) groups is 2. The Bertz CT molecular complexity index is 1230. The highest BCUT2D eigenvalue weighted by Crippen LogP contribution is 2.37. The van der Waals surface area contributed by atoms with E-state index in [2.05, 4.69) is 10.3 Å². The average molecular weight is 569 g/mol. The van der Waals surface area contributed by atoms with Gasteiger partial charge in [-0.15, -0.1) is 11.3 Å². The van der Waals surface area contributed by atoms with Gasteiger partial charge in [0.25, 0.3) is 0 Å². The van der Waals surface area contributed by atoms with Gasteiger partial charge in [0.15, 0.2) is 10.8 Å². The van der Waals surface area contributed by atoms with Crippen LogP contribution in [-0.2, 0) is 19.1 Å². The number of alkyl halides is 1. The molecule has 9 nitrogen and oxygen atoms in total. The Kier molecular flexibility index (Phi) is 9.42. The average Bonchev–Trinajstić information content (AvgIpc) is 3.40. The van der Waals surface area contributed by atoms with Gasteiger partial charge in [-0.25, -0.2) is 23.4 Å². The van der Waals surface area contributed by atoms with Crippen LogP contribution in [0.4, 0.5) is 8.78 Å². The molecule has 3 atom stereocenters. The van der Waals surface area contributed by atoms with Gasteiger partial charge in [-0.05, 0) is 32.0 Å².